The molecule has 2 aromatic rings. The number of pyridine rings is 1. The van der Waals surface area contributed by atoms with Crippen molar-refractivity contribution in [1.82, 2.24) is 4.57 Å². The van der Waals surface area contributed by atoms with Gasteiger partial charge in [0.1, 0.15) is 11.4 Å². The summed E-state index contributed by atoms with van der Waals surface area (Å²) in [6, 6.07) is 10.6. The Balaban J connectivity index is 1.91. The van der Waals surface area contributed by atoms with Crippen molar-refractivity contribution in [3.63, 3.8) is 0 Å². The van der Waals surface area contributed by atoms with Crippen LogP contribution < -0.4 is 14.6 Å². The van der Waals surface area contributed by atoms with Crippen LogP contribution in [-0.4, -0.2) is 15.4 Å². The average Bonchev–Trinajstić information content (AvgIpc) is 3.23. The van der Waals surface area contributed by atoms with Gasteiger partial charge in [-0.2, -0.15) is 0 Å². The molecule has 1 saturated heterocycles. The van der Waals surface area contributed by atoms with Crippen molar-refractivity contribution in [3.8, 4) is 5.75 Å². The second kappa shape index (κ2) is 4.76. The van der Waals surface area contributed by atoms with Crippen LogP contribution in [0.2, 0.25) is 0 Å². The van der Waals surface area contributed by atoms with Gasteiger partial charge in [-0.15, -0.1) is 0 Å². The maximum absolute atomic E-state index is 12.2. The molecular formula is C17H14N2O3S. The van der Waals surface area contributed by atoms with Gasteiger partial charge in [0.2, 0.25) is 0 Å². The fourth-order valence-electron chi connectivity index (χ4n) is 2.69. The van der Waals surface area contributed by atoms with Crippen molar-refractivity contribution in [2.75, 3.05) is 4.31 Å². The molecule has 1 amide bonds. The van der Waals surface area contributed by atoms with Gasteiger partial charge < -0.3 is 4.74 Å². The fourth-order valence-corrected chi connectivity index (χ4v) is 3.13. The standard InChI is InChI=1S/C17H14N2O3S/c1-17(2)10-13(18-8-4-3-5-15(18)20)12-9-11(19-16(21)23-19)6-7-14(12)22-17/h3-10H,1-2H3. The summed E-state index contributed by atoms with van der Waals surface area (Å²) in [6.07, 6.45) is 3.67. The van der Waals surface area contributed by atoms with Gasteiger partial charge in [0.15, 0.2) is 0 Å². The Morgan fingerprint density at radius 1 is 1.13 bits per heavy atom. The van der Waals surface area contributed by atoms with E-state index in [1.54, 1.807) is 21.1 Å². The lowest BCUT2D eigenvalue weighted by Gasteiger charge is -2.31. The number of hydrogen-bond donors (Lipinski definition) is 0. The van der Waals surface area contributed by atoms with Crippen LogP contribution in [0, 0.1) is 0 Å². The van der Waals surface area contributed by atoms with Crippen LogP contribution in [-0.2, 0) is 0 Å². The minimum atomic E-state index is -0.524. The Hall–Kier alpha value is -2.47. The molecule has 0 saturated carbocycles. The maximum atomic E-state index is 12.2. The van der Waals surface area contributed by atoms with Crippen LogP contribution in [0.4, 0.5) is 10.5 Å². The molecule has 3 heterocycles. The average molecular weight is 326 g/mol. The van der Waals surface area contributed by atoms with Crippen LogP contribution >= 0.6 is 11.9 Å². The molecule has 116 valence electrons. The van der Waals surface area contributed by atoms with E-state index in [9.17, 15) is 9.59 Å². The number of carbonyl (C=O) groups excluding carboxylic acids is 1. The lowest BCUT2D eigenvalue weighted by Crippen LogP contribution is -2.32. The first kappa shape index (κ1) is 14.1. The van der Waals surface area contributed by atoms with Crippen molar-refractivity contribution >= 4 is 28.6 Å². The third-order valence-electron chi connectivity index (χ3n) is 3.72. The van der Waals surface area contributed by atoms with Crippen LogP contribution in [0.3, 0.4) is 0 Å². The van der Waals surface area contributed by atoms with Crippen molar-refractivity contribution in [2.45, 2.75) is 19.4 Å². The molecule has 23 heavy (non-hydrogen) atoms. The van der Waals surface area contributed by atoms with Gasteiger partial charge in [-0.1, -0.05) is 6.07 Å². The van der Waals surface area contributed by atoms with Gasteiger partial charge in [0, 0.05) is 17.8 Å². The van der Waals surface area contributed by atoms with Crippen LogP contribution in [0.5, 0.6) is 5.75 Å². The molecule has 0 aliphatic carbocycles. The van der Waals surface area contributed by atoms with Crippen LogP contribution in [0.15, 0.2) is 53.5 Å². The number of fused-ring (bicyclic) bond motifs is 1. The van der Waals surface area contributed by atoms with E-state index < -0.39 is 5.60 Å². The molecule has 0 spiro atoms. The molecule has 2 aliphatic rings. The number of rotatable bonds is 2. The Bertz CT molecular complexity index is 914. The summed E-state index contributed by atoms with van der Waals surface area (Å²) >= 11 is 1.16. The number of anilines is 1. The fraction of sp³-hybridized carbons (Fsp3) is 0.176. The Morgan fingerprint density at radius 2 is 1.91 bits per heavy atom. The monoisotopic (exact) mass is 326 g/mol. The zero-order valence-electron chi connectivity index (χ0n) is 12.6. The molecule has 1 fully saturated rings. The van der Waals surface area contributed by atoms with Crippen molar-refractivity contribution in [2.24, 2.45) is 0 Å². The van der Waals surface area contributed by atoms with Gasteiger partial charge in [0.25, 0.3) is 5.56 Å². The molecule has 1 aromatic heterocycles. The van der Waals surface area contributed by atoms with E-state index in [0.29, 0.717) is 5.75 Å². The van der Waals surface area contributed by atoms with Gasteiger partial charge in [-0.05, 0) is 44.2 Å². The van der Waals surface area contributed by atoms with Crippen molar-refractivity contribution in [1.29, 1.82) is 0 Å². The number of ether oxygens (including phenoxy) is 1. The Labute approximate surface area is 137 Å². The summed E-state index contributed by atoms with van der Waals surface area (Å²) in [5, 5.41) is 0.0180. The van der Waals surface area contributed by atoms with E-state index in [-0.39, 0.29) is 10.8 Å². The lowest BCUT2D eigenvalue weighted by molar-refractivity contribution is 0.157. The number of aromatic nitrogens is 1. The number of benzene rings is 1. The third-order valence-corrected chi connectivity index (χ3v) is 4.44. The molecule has 0 N–H and O–H groups in total. The van der Waals surface area contributed by atoms with E-state index in [4.69, 9.17) is 4.74 Å². The summed E-state index contributed by atoms with van der Waals surface area (Å²) in [6.45, 7) is 3.89. The lowest BCUT2D eigenvalue weighted by atomic mass is 9.98. The first-order chi connectivity index (χ1) is 10.9. The minimum absolute atomic E-state index is 0.0180. The minimum Gasteiger partial charge on any atom is -0.483 e. The predicted octanol–water partition coefficient (Wildman–Crippen LogP) is 3.50. The molecule has 1 aromatic carbocycles. The molecule has 0 atom stereocenters. The summed E-state index contributed by atoms with van der Waals surface area (Å²) < 4.78 is 9.19. The molecule has 5 nitrogen and oxygen atoms in total. The highest BCUT2D eigenvalue weighted by Gasteiger charge is 2.36. The molecular weight excluding hydrogens is 312 g/mol. The largest absolute Gasteiger partial charge is 0.483 e. The molecule has 0 bridgehead atoms. The Morgan fingerprint density at radius 3 is 2.61 bits per heavy atom. The molecule has 0 unspecified atom stereocenters. The molecule has 6 heteroatoms. The summed E-state index contributed by atoms with van der Waals surface area (Å²) in [7, 11) is 0. The van der Waals surface area contributed by atoms with E-state index >= 15 is 0 Å². The predicted molar refractivity (Wildman–Crippen MR) is 90.7 cm³/mol. The van der Waals surface area contributed by atoms with Crippen LogP contribution in [0.25, 0.3) is 5.70 Å². The normalized spacial score (nSPS) is 18.1. The molecule has 2 aliphatic heterocycles. The summed E-state index contributed by atoms with van der Waals surface area (Å²) in [5.74, 6) is 0.700. The van der Waals surface area contributed by atoms with Crippen molar-refractivity contribution in [3.05, 3.63) is 64.6 Å². The molecule has 0 radical (unpaired) electrons. The van der Waals surface area contributed by atoms with Gasteiger partial charge in [-0.25, -0.2) is 4.31 Å². The van der Waals surface area contributed by atoms with Gasteiger partial charge in [-0.3, -0.25) is 14.2 Å². The van der Waals surface area contributed by atoms with E-state index in [1.165, 1.54) is 6.07 Å². The first-order valence-electron chi connectivity index (χ1n) is 7.21. The number of hydrogen-bond acceptors (Lipinski definition) is 4. The second-order valence-corrected chi connectivity index (χ2v) is 6.87. The van der Waals surface area contributed by atoms with E-state index in [1.807, 2.05) is 44.2 Å². The van der Waals surface area contributed by atoms with Gasteiger partial charge in [0.05, 0.1) is 23.3 Å². The SMILES string of the molecule is CC1(C)C=C(n2ccccc2=O)c2cc(N3SC3=O)ccc2O1. The van der Waals surface area contributed by atoms with E-state index in [2.05, 4.69) is 0 Å². The van der Waals surface area contributed by atoms with E-state index in [0.717, 1.165) is 28.9 Å². The third kappa shape index (κ3) is 2.45. The molecule has 4 rings (SSSR count). The first-order valence-corrected chi connectivity index (χ1v) is 7.98. The van der Waals surface area contributed by atoms with Gasteiger partial charge >= 0.3 is 5.24 Å². The maximum Gasteiger partial charge on any atom is 0.317 e. The highest BCUT2D eigenvalue weighted by molar-refractivity contribution is 8.26. The highest BCUT2D eigenvalue weighted by Crippen LogP contribution is 2.44. The Kier molecular flexibility index (Phi) is 2.93. The zero-order chi connectivity index (χ0) is 16.2. The quantitative estimate of drug-likeness (QED) is 0.626. The summed E-state index contributed by atoms with van der Waals surface area (Å²) in [5.41, 5.74) is 1.73. The zero-order valence-corrected chi connectivity index (χ0v) is 13.5. The number of amides is 1. The van der Waals surface area contributed by atoms with Crippen LogP contribution in [0.1, 0.15) is 19.4 Å². The number of nitrogens with zero attached hydrogens (tertiary/aromatic N) is 2. The topological polar surface area (TPSA) is 51.3 Å². The number of carbonyl (C=O) groups is 1. The summed E-state index contributed by atoms with van der Waals surface area (Å²) in [4.78, 5) is 23.6. The highest BCUT2D eigenvalue weighted by atomic mass is 32.2. The smallest absolute Gasteiger partial charge is 0.317 e. The second-order valence-electron chi connectivity index (χ2n) is 5.98. The van der Waals surface area contributed by atoms with Crippen molar-refractivity contribution < 1.29 is 9.53 Å².